The molecule has 0 radical (unpaired) electrons. The zero-order chi connectivity index (χ0) is 31.8. The van der Waals surface area contributed by atoms with E-state index in [9.17, 15) is 29.0 Å². The summed E-state index contributed by atoms with van der Waals surface area (Å²) in [5.74, 6) is 0.329. The molecule has 45 heavy (non-hydrogen) atoms. The van der Waals surface area contributed by atoms with Crippen LogP contribution in [-0.2, 0) is 36.7 Å². The van der Waals surface area contributed by atoms with Gasteiger partial charge in [-0.3, -0.25) is 32.1 Å². The van der Waals surface area contributed by atoms with Crippen LogP contribution in [0.25, 0.3) is 22.3 Å². The number of nitrogen functional groups attached to an aromatic ring is 1. The number of aliphatic hydroxyl groups is 2. The Morgan fingerprint density at radius 1 is 0.911 bits per heavy atom. The van der Waals surface area contributed by atoms with Crippen LogP contribution in [0, 0.1) is 6.92 Å². The van der Waals surface area contributed by atoms with Gasteiger partial charge in [-0.25, -0.2) is 29.5 Å². The van der Waals surface area contributed by atoms with Gasteiger partial charge in [-0.15, -0.1) is 0 Å². The lowest BCUT2D eigenvalue weighted by atomic mass is 10.1. The number of fused-ring (bicyclic) bond motifs is 5. The number of nitrogens with two attached hydrogens (primary N) is 1. The minimum Gasteiger partial charge on any atom is -0.387 e. The van der Waals surface area contributed by atoms with Crippen LogP contribution in [0.3, 0.4) is 0 Å². The molecule has 3 saturated heterocycles. The standard InChI is InChI=1S/C22H27N9O12P2/c1-8-28-19-12(20(34)29-8)27-7-31(19)22-16-13(32)9(40-22)3-38-44(2,35)42-15-10(4-39-45(36,37)43-16)41-21(14(15)33)30-6-26-11-17(23)24-5-25-18(11)30/h5-7,9-10,13-16,21-22,32-33H,3-4H2,1-2H3,(H,36,37)(H2,23,24,25)(H,28,29,34)/t9-,10-,13?,14+,15?,16+,21-,22-,44?/m1/s1. The topological polar surface area (TPSA) is 283 Å². The Morgan fingerprint density at radius 3 is 2.38 bits per heavy atom. The Hall–Kier alpha value is -3.20. The Bertz CT molecular complexity index is 1930. The molecule has 4 unspecified atom stereocenters. The number of anilines is 1. The summed E-state index contributed by atoms with van der Waals surface area (Å²) in [6, 6.07) is 0. The van der Waals surface area contributed by atoms with Crippen LogP contribution in [0.5, 0.6) is 0 Å². The molecule has 23 heteroatoms. The summed E-state index contributed by atoms with van der Waals surface area (Å²) in [6.07, 6.45) is -7.67. The van der Waals surface area contributed by atoms with Gasteiger partial charge in [0.2, 0.25) is 0 Å². The number of hydrogen-bond acceptors (Lipinski definition) is 17. The van der Waals surface area contributed by atoms with Gasteiger partial charge in [-0.2, -0.15) is 0 Å². The molecule has 3 aliphatic heterocycles. The highest BCUT2D eigenvalue weighted by Gasteiger charge is 2.53. The van der Waals surface area contributed by atoms with E-state index in [2.05, 4.69) is 29.9 Å². The van der Waals surface area contributed by atoms with Gasteiger partial charge in [0.15, 0.2) is 35.1 Å². The van der Waals surface area contributed by atoms with Crippen LogP contribution in [0.1, 0.15) is 18.3 Å². The summed E-state index contributed by atoms with van der Waals surface area (Å²) >= 11 is 0. The minimum absolute atomic E-state index is 0.0456. The molecule has 2 bridgehead atoms. The number of imidazole rings is 2. The second kappa shape index (κ2) is 11.0. The van der Waals surface area contributed by atoms with Gasteiger partial charge in [-0.05, 0) is 6.92 Å². The number of ether oxygens (including phenoxy) is 2. The van der Waals surface area contributed by atoms with E-state index in [1.165, 1.54) is 28.1 Å². The number of aliphatic hydroxyl groups excluding tert-OH is 2. The molecule has 242 valence electrons. The van der Waals surface area contributed by atoms with E-state index in [4.69, 9.17) is 33.3 Å². The molecule has 6 N–H and O–H groups in total. The highest BCUT2D eigenvalue weighted by Crippen LogP contribution is 2.54. The first-order valence-electron chi connectivity index (χ1n) is 13.4. The van der Waals surface area contributed by atoms with Crippen molar-refractivity contribution in [3.8, 4) is 0 Å². The molecule has 3 aliphatic rings. The minimum atomic E-state index is -5.03. The molecule has 7 heterocycles. The third-order valence-electron chi connectivity index (χ3n) is 7.55. The van der Waals surface area contributed by atoms with Gasteiger partial charge >= 0.3 is 15.4 Å². The van der Waals surface area contributed by atoms with Crippen molar-refractivity contribution in [2.75, 3.05) is 25.6 Å². The number of H-pyrrole nitrogens is 1. The first kappa shape index (κ1) is 30.5. The number of aryl methyl sites for hydroxylation is 1. The van der Waals surface area contributed by atoms with Crippen molar-refractivity contribution in [1.82, 2.24) is 39.0 Å². The van der Waals surface area contributed by atoms with E-state index in [1.807, 2.05) is 0 Å². The number of aromatic nitrogens is 8. The van der Waals surface area contributed by atoms with E-state index in [0.717, 1.165) is 6.66 Å². The summed E-state index contributed by atoms with van der Waals surface area (Å²) in [6.45, 7) is 1.43. The molecule has 0 aromatic carbocycles. The van der Waals surface area contributed by atoms with Crippen molar-refractivity contribution in [2.24, 2.45) is 0 Å². The number of nitrogens with zero attached hydrogens (tertiary/aromatic N) is 7. The molecule has 0 spiro atoms. The predicted octanol–water partition coefficient (Wildman–Crippen LogP) is -0.893. The highest BCUT2D eigenvalue weighted by molar-refractivity contribution is 7.53. The Morgan fingerprint density at radius 2 is 1.60 bits per heavy atom. The van der Waals surface area contributed by atoms with E-state index in [0.29, 0.717) is 0 Å². The van der Waals surface area contributed by atoms with Crippen molar-refractivity contribution in [1.29, 1.82) is 0 Å². The summed E-state index contributed by atoms with van der Waals surface area (Å²) < 4.78 is 63.2. The maximum atomic E-state index is 13.5. The van der Waals surface area contributed by atoms with E-state index < -0.39 is 83.3 Å². The average Bonchev–Trinajstić information content (AvgIpc) is 3.72. The number of phosphoric ester groups is 1. The smallest absolute Gasteiger partial charge is 0.387 e. The Balaban J connectivity index is 1.21. The van der Waals surface area contributed by atoms with E-state index in [1.54, 1.807) is 6.92 Å². The SMILES string of the molecule is Cc1nc2c(ncn2[C@@H]2O[C@@H]3COP(C)(=O)OC4[C@@H](COP(=O)(O)O[C@H]2C3O)O[C@@H](n2cnc3c(N)ncnc32)[C@H]4O)c(=O)[nH]1. The van der Waals surface area contributed by atoms with Crippen molar-refractivity contribution in [2.45, 2.75) is 56.0 Å². The molecule has 4 aromatic rings. The average molecular weight is 671 g/mol. The van der Waals surface area contributed by atoms with Gasteiger partial charge in [0.1, 0.15) is 54.3 Å². The first-order chi connectivity index (χ1) is 21.3. The molecule has 4 aromatic heterocycles. The normalized spacial score (nSPS) is 37.7. The molecule has 3 fully saturated rings. The summed E-state index contributed by atoms with van der Waals surface area (Å²) in [5.41, 5.74) is 5.76. The number of phosphoric acid groups is 1. The second-order valence-corrected chi connectivity index (χ2v) is 14.1. The maximum Gasteiger partial charge on any atom is 0.472 e. The zero-order valence-corrected chi connectivity index (χ0v) is 25.2. The molecular formula is C22H27N9O12P2. The molecule has 0 amide bonds. The van der Waals surface area contributed by atoms with Crippen LogP contribution in [0.15, 0.2) is 23.8 Å². The lowest BCUT2D eigenvalue weighted by Gasteiger charge is -2.26. The number of rotatable bonds is 2. The van der Waals surface area contributed by atoms with Crippen molar-refractivity contribution < 1.29 is 51.8 Å². The lowest BCUT2D eigenvalue weighted by Crippen LogP contribution is -2.36. The third kappa shape index (κ3) is 5.38. The second-order valence-electron chi connectivity index (χ2n) is 10.6. The van der Waals surface area contributed by atoms with Gasteiger partial charge < -0.3 is 39.8 Å². The summed E-state index contributed by atoms with van der Waals surface area (Å²) in [7, 11) is -9.07. The first-order valence-corrected chi connectivity index (χ1v) is 16.9. The van der Waals surface area contributed by atoms with E-state index >= 15 is 0 Å². The monoisotopic (exact) mass is 671 g/mol. The van der Waals surface area contributed by atoms with Crippen molar-refractivity contribution in [3.05, 3.63) is 35.2 Å². The summed E-state index contributed by atoms with van der Waals surface area (Å²) in [5, 5.41) is 22.4. The number of hydrogen-bond donors (Lipinski definition) is 5. The van der Waals surface area contributed by atoms with Crippen LogP contribution in [0.4, 0.5) is 5.82 Å². The fourth-order valence-corrected chi connectivity index (χ4v) is 7.61. The van der Waals surface area contributed by atoms with E-state index in [-0.39, 0.29) is 34.0 Å². The molecule has 10 atom stereocenters. The predicted molar refractivity (Wildman–Crippen MR) is 147 cm³/mol. The fourth-order valence-electron chi connectivity index (χ4n) is 5.50. The van der Waals surface area contributed by atoms with Crippen molar-refractivity contribution >= 4 is 43.6 Å². The maximum absolute atomic E-state index is 13.5. The van der Waals surface area contributed by atoms with Gasteiger partial charge in [0, 0.05) is 6.66 Å². The van der Waals surface area contributed by atoms with Crippen LogP contribution in [0.2, 0.25) is 0 Å². The van der Waals surface area contributed by atoms with Crippen LogP contribution < -0.4 is 11.3 Å². The van der Waals surface area contributed by atoms with Gasteiger partial charge in [0.25, 0.3) is 5.56 Å². The number of aromatic amines is 1. The third-order valence-corrected chi connectivity index (χ3v) is 9.78. The number of nitrogens with one attached hydrogen (secondary N) is 1. The Kier molecular flexibility index (Phi) is 7.42. The highest BCUT2D eigenvalue weighted by atomic mass is 31.2. The largest absolute Gasteiger partial charge is 0.472 e. The quantitative estimate of drug-likeness (QED) is 0.161. The fraction of sp³-hybridized carbons (Fsp3) is 0.545. The van der Waals surface area contributed by atoms with Crippen LogP contribution >= 0.6 is 15.4 Å². The van der Waals surface area contributed by atoms with Gasteiger partial charge in [-0.1, -0.05) is 0 Å². The Labute approximate surface area is 251 Å². The molecule has 0 aliphatic carbocycles. The zero-order valence-electron chi connectivity index (χ0n) is 23.4. The lowest BCUT2D eigenvalue weighted by molar-refractivity contribution is -0.0642. The summed E-state index contributed by atoms with van der Waals surface area (Å²) in [4.78, 5) is 46.1. The molecular weight excluding hydrogens is 644 g/mol. The molecule has 0 saturated carbocycles. The van der Waals surface area contributed by atoms with Crippen molar-refractivity contribution in [3.63, 3.8) is 0 Å². The molecule has 7 rings (SSSR count). The van der Waals surface area contributed by atoms with Crippen LogP contribution in [-0.4, -0.2) is 111 Å². The van der Waals surface area contributed by atoms with Gasteiger partial charge in [0.05, 0.1) is 25.9 Å². The molecule has 21 nitrogen and oxygen atoms in total.